The number of ether oxygens (including phenoxy) is 2. The zero-order valence-corrected chi connectivity index (χ0v) is 12.4. The number of methoxy groups -OCH3 is 1. The maximum Gasteiger partial charge on any atom is 0.407 e. The first-order valence-corrected chi connectivity index (χ1v) is 8.35. The number of amides is 1. The Balaban J connectivity index is 4.41. The summed E-state index contributed by atoms with van der Waals surface area (Å²) in [6, 6.07) is -0.648. The van der Waals surface area contributed by atoms with Crippen molar-refractivity contribution in [2.24, 2.45) is 5.92 Å². The van der Waals surface area contributed by atoms with Crippen LogP contribution in [0.4, 0.5) is 4.79 Å². The van der Waals surface area contributed by atoms with E-state index >= 15 is 0 Å². The van der Waals surface area contributed by atoms with Crippen LogP contribution in [0.25, 0.3) is 0 Å². The predicted octanol–water partition coefficient (Wildman–Crippen LogP) is -2.02. The zero-order chi connectivity index (χ0) is 12.7. The molecular weight excluding hydrogens is 325 g/mol. The molecule has 0 aromatic carbocycles. The molecule has 0 aromatic heterocycles. The molecule has 0 bridgehead atoms. The van der Waals surface area contributed by atoms with Crippen LogP contribution in [0.3, 0.4) is 0 Å². The van der Waals surface area contributed by atoms with Crippen molar-refractivity contribution in [3.05, 3.63) is 0 Å². The maximum absolute atomic E-state index is 11.7. The van der Waals surface area contributed by atoms with Gasteiger partial charge in [-0.2, -0.15) is 0 Å². The molecule has 0 spiro atoms. The van der Waals surface area contributed by atoms with Crippen LogP contribution < -0.4 is 26.5 Å². The molecular formula is C10H19INO4+. The topological polar surface area (TPSA) is 64.6 Å². The van der Waals surface area contributed by atoms with Crippen LogP contribution >= 0.6 is 0 Å². The number of carbonyl (C=O) groups excluding carboxylic acids is 2. The second kappa shape index (κ2) is 7.70. The van der Waals surface area contributed by atoms with Gasteiger partial charge >= 0.3 is 33.3 Å². The summed E-state index contributed by atoms with van der Waals surface area (Å²) in [6.07, 6.45) is -0.616. The molecule has 0 heterocycles. The number of esters is 1. The summed E-state index contributed by atoms with van der Waals surface area (Å²) in [5, 5.41) is 2.47. The van der Waals surface area contributed by atoms with E-state index in [1.807, 2.05) is 25.7 Å². The van der Waals surface area contributed by atoms with Gasteiger partial charge in [-0.25, -0.2) is 9.59 Å². The number of alkyl halides is 2. The number of rotatable bonds is 5. The quantitative estimate of drug-likeness (QED) is 0.355. The second-order valence-corrected chi connectivity index (χ2v) is 6.56. The number of halogens is 1. The Bertz CT molecular complexity index is 245. The van der Waals surface area contributed by atoms with E-state index in [0.29, 0.717) is 0 Å². The standard InChI is InChI=1S/C10H18INO4/c1-6(2)8(12-10(14)15-5)9(13)16-7(3)11-4/h6-8H,1-5H3/p+1. The maximum atomic E-state index is 11.7. The normalized spacial score (nSPS) is 14.1. The number of hydrogen-bond acceptors (Lipinski definition) is 4. The molecule has 2 atom stereocenters. The molecule has 5 nitrogen and oxygen atoms in total. The van der Waals surface area contributed by atoms with Crippen LogP contribution in [-0.4, -0.2) is 34.3 Å². The molecule has 0 aliphatic carbocycles. The van der Waals surface area contributed by atoms with E-state index in [0.717, 1.165) is 0 Å². The van der Waals surface area contributed by atoms with Crippen molar-refractivity contribution in [2.45, 2.75) is 30.9 Å². The van der Waals surface area contributed by atoms with Gasteiger partial charge in [0, 0.05) is 6.92 Å². The van der Waals surface area contributed by atoms with E-state index in [1.165, 1.54) is 7.11 Å². The summed E-state index contributed by atoms with van der Waals surface area (Å²) < 4.78 is 9.63. The van der Waals surface area contributed by atoms with Gasteiger partial charge in [-0.15, -0.1) is 0 Å². The third-order valence-electron chi connectivity index (χ3n) is 1.97. The van der Waals surface area contributed by atoms with Gasteiger partial charge in [0.1, 0.15) is 11.0 Å². The van der Waals surface area contributed by atoms with Gasteiger partial charge in [-0.1, -0.05) is 13.8 Å². The number of hydrogen-bond donors (Lipinski definition) is 1. The summed E-state index contributed by atoms with van der Waals surface area (Å²) >= 11 is -0.146. The van der Waals surface area contributed by atoms with Crippen molar-refractivity contribution in [1.82, 2.24) is 5.32 Å². The highest BCUT2D eigenvalue weighted by Gasteiger charge is 2.29. The molecule has 1 amide bonds. The summed E-state index contributed by atoms with van der Waals surface area (Å²) in [5.41, 5.74) is 0. The summed E-state index contributed by atoms with van der Waals surface area (Å²) in [7, 11) is 1.26. The lowest BCUT2D eigenvalue weighted by Crippen LogP contribution is -3.64. The minimum Gasteiger partial charge on any atom is -0.453 e. The minimum atomic E-state index is -0.648. The molecule has 2 unspecified atom stereocenters. The Morgan fingerprint density at radius 2 is 1.81 bits per heavy atom. The van der Waals surface area contributed by atoms with Gasteiger partial charge in [0.05, 0.1) is 7.11 Å². The first-order valence-electron chi connectivity index (χ1n) is 4.95. The second-order valence-electron chi connectivity index (χ2n) is 3.56. The van der Waals surface area contributed by atoms with Crippen LogP contribution in [0.5, 0.6) is 0 Å². The molecule has 1 N–H and O–H groups in total. The van der Waals surface area contributed by atoms with Gasteiger partial charge in [-0.05, 0) is 5.92 Å². The molecule has 0 fully saturated rings. The summed E-state index contributed by atoms with van der Waals surface area (Å²) in [5.74, 6) is -0.427. The van der Waals surface area contributed by atoms with Crippen LogP contribution in [0.15, 0.2) is 0 Å². The van der Waals surface area contributed by atoms with Gasteiger partial charge < -0.3 is 14.8 Å². The third-order valence-corrected chi connectivity index (χ3v) is 3.97. The lowest BCUT2D eigenvalue weighted by atomic mass is 10.1. The number of nitrogens with one attached hydrogen (secondary N) is 1. The highest BCUT2D eigenvalue weighted by Crippen LogP contribution is 2.04. The monoisotopic (exact) mass is 344 g/mol. The fraction of sp³-hybridized carbons (Fsp3) is 0.800. The van der Waals surface area contributed by atoms with Crippen molar-refractivity contribution in [3.63, 3.8) is 0 Å². The van der Waals surface area contributed by atoms with Gasteiger partial charge in [-0.3, -0.25) is 0 Å². The van der Waals surface area contributed by atoms with Crippen molar-refractivity contribution >= 4 is 12.1 Å². The number of alkyl carbamates (subject to hydrolysis) is 1. The van der Waals surface area contributed by atoms with E-state index in [1.54, 1.807) is 0 Å². The first kappa shape index (κ1) is 15.5. The van der Waals surface area contributed by atoms with Crippen molar-refractivity contribution in [2.75, 3.05) is 12.0 Å². The third kappa shape index (κ3) is 5.53. The molecule has 16 heavy (non-hydrogen) atoms. The highest BCUT2D eigenvalue weighted by molar-refractivity contribution is 5.81. The number of carbonyl (C=O) groups is 2. The van der Waals surface area contributed by atoms with E-state index < -0.39 is 18.1 Å². The Kier molecular flexibility index (Phi) is 7.44. The Morgan fingerprint density at radius 1 is 1.25 bits per heavy atom. The van der Waals surface area contributed by atoms with Crippen LogP contribution in [-0.2, 0) is 14.3 Å². The average Bonchev–Trinajstić information content (AvgIpc) is 2.24. The average molecular weight is 344 g/mol. The summed E-state index contributed by atoms with van der Waals surface area (Å²) in [4.78, 5) is 24.8. The van der Waals surface area contributed by atoms with Crippen LogP contribution in [0.1, 0.15) is 20.8 Å². The molecule has 6 heteroatoms. The zero-order valence-electron chi connectivity index (χ0n) is 10.2. The lowest BCUT2D eigenvalue weighted by molar-refractivity contribution is -0.694. The van der Waals surface area contributed by atoms with Gasteiger partial charge in [0.25, 0.3) is 4.11 Å². The van der Waals surface area contributed by atoms with Crippen LogP contribution in [0, 0.1) is 5.92 Å². The fourth-order valence-electron chi connectivity index (χ4n) is 0.962. The molecule has 0 aliphatic rings. The van der Waals surface area contributed by atoms with E-state index in [4.69, 9.17) is 4.74 Å². The van der Waals surface area contributed by atoms with Gasteiger partial charge in [0.15, 0.2) is 0 Å². The predicted molar refractivity (Wildman–Crippen MR) is 55.6 cm³/mol. The SMILES string of the molecule is COC(=O)NC(C(=O)OC(C)[I+]C)C(C)C. The van der Waals surface area contributed by atoms with E-state index in [2.05, 4.69) is 10.1 Å². The molecule has 94 valence electrons. The van der Waals surface area contributed by atoms with Gasteiger partial charge in [0.2, 0.25) is 0 Å². The molecule has 0 aliphatic heterocycles. The Morgan fingerprint density at radius 3 is 2.19 bits per heavy atom. The smallest absolute Gasteiger partial charge is 0.407 e. The largest absolute Gasteiger partial charge is 0.453 e. The van der Waals surface area contributed by atoms with Crippen molar-refractivity contribution in [1.29, 1.82) is 0 Å². The Labute approximate surface area is 107 Å². The Hall–Kier alpha value is -0.530. The molecule has 0 aromatic rings. The van der Waals surface area contributed by atoms with Crippen LogP contribution in [0.2, 0.25) is 0 Å². The molecule has 0 rings (SSSR count). The lowest BCUT2D eigenvalue weighted by Gasteiger charge is -2.19. The van der Waals surface area contributed by atoms with Crippen molar-refractivity contribution < 1.29 is 40.3 Å². The highest BCUT2D eigenvalue weighted by atomic mass is 127. The molecule has 0 saturated heterocycles. The molecule has 0 saturated carbocycles. The minimum absolute atomic E-state index is 0.0335. The molecule has 0 radical (unpaired) electrons. The van der Waals surface area contributed by atoms with E-state index in [9.17, 15) is 9.59 Å². The fourth-order valence-corrected chi connectivity index (χ4v) is 1.47. The van der Waals surface area contributed by atoms with E-state index in [-0.39, 0.29) is 31.2 Å². The van der Waals surface area contributed by atoms with Crippen molar-refractivity contribution in [3.8, 4) is 0 Å². The first-order chi connectivity index (χ1) is 7.42. The summed E-state index contributed by atoms with van der Waals surface area (Å²) in [6.45, 7) is 5.54.